The molecule has 0 aliphatic heterocycles. The summed E-state index contributed by atoms with van der Waals surface area (Å²) >= 11 is 0. The van der Waals surface area contributed by atoms with E-state index in [0.29, 0.717) is 5.56 Å². The van der Waals surface area contributed by atoms with Crippen molar-refractivity contribution in [1.82, 2.24) is 15.0 Å². The van der Waals surface area contributed by atoms with Gasteiger partial charge in [0.15, 0.2) is 11.5 Å². The van der Waals surface area contributed by atoms with Gasteiger partial charge < -0.3 is 4.74 Å². The molecular formula is C17H13N3O3. The van der Waals surface area contributed by atoms with Crippen LogP contribution in [0.5, 0.6) is 5.75 Å². The highest BCUT2D eigenvalue weighted by molar-refractivity contribution is 5.95. The number of rotatable bonds is 4. The number of aromatic nitrogens is 3. The molecular weight excluding hydrogens is 294 g/mol. The SMILES string of the molecule is CC(=O)c1cccc(OC(=O)c2cn(-c3ccccc3)nn2)c1. The van der Waals surface area contributed by atoms with Gasteiger partial charge in [0, 0.05) is 5.56 Å². The molecule has 2 aromatic carbocycles. The van der Waals surface area contributed by atoms with Crippen LogP contribution in [0.3, 0.4) is 0 Å². The predicted molar refractivity (Wildman–Crippen MR) is 82.8 cm³/mol. The zero-order valence-electron chi connectivity index (χ0n) is 12.3. The summed E-state index contributed by atoms with van der Waals surface area (Å²) in [4.78, 5) is 23.5. The molecule has 114 valence electrons. The third-order valence-electron chi connectivity index (χ3n) is 3.17. The van der Waals surface area contributed by atoms with Crippen LogP contribution in [0.4, 0.5) is 0 Å². The summed E-state index contributed by atoms with van der Waals surface area (Å²) < 4.78 is 6.72. The lowest BCUT2D eigenvalue weighted by atomic mass is 10.1. The zero-order valence-corrected chi connectivity index (χ0v) is 12.3. The Bertz CT molecular complexity index is 856. The number of Topliss-reactive ketones (excluding diaryl/α,β-unsaturated/α-hetero) is 1. The van der Waals surface area contributed by atoms with E-state index in [4.69, 9.17) is 4.74 Å². The summed E-state index contributed by atoms with van der Waals surface area (Å²) in [5.74, 6) is -0.442. The van der Waals surface area contributed by atoms with Gasteiger partial charge in [-0.05, 0) is 31.2 Å². The number of ether oxygens (including phenoxy) is 1. The summed E-state index contributed by atoms with van der Waals surface area (Å²) in [6.07, 6.45) is 1.49. The van der Waals surface area contributed by atoms with Gasteiger partial charge in [0.1, 0.15) is 5.75 Å². The molecule has 6 nitrogen and oxygen atoms in total. The normalized spacial score (nSPS) is 10.3. The van der Waals surface area contributed by atoms with E-state index in [-0.39, 0.29) is 17.2 Å². The number of nitrogens with zero attached hydrogens (tertiary/aromatic N) is 3. The van der Waals surface area contributed by atoms with Crippen LogP contribution in [0.15, 0.2) is 60.8 Å². The molecule has 0 aliphatic carbocycles. The zero-order chi connectivity index (χ0) is 16.2. The van der Waals surface area contributed by atoms with Gasteiger partial charge >= 0.3 is 5.97 Å². The van der Waals surface area contributed by atoms with Crippen LogP contribution in [0.1, 0.15) is 27.8 Å². The van der Waals surface area contributed by atoms with Crippen LogP contribution in [-0.2, 0) is 0 Å². The lowest BCUT2D eigenvalue weighted by Gasteiger charge is -2.03. The third-order valence-corrected chi connectivity index (χ3v) is 3.17. The number of benzene rings is 2. The van der Waals surface area contributed by atoms with Crippen molar-refractivity contribution in [2.45, 2.75) is 6.92 Å². The van der Waals surface area contributed by atoms with Crippen molar-refractivity contribution in [2.24, 2.45) is 0 Å². The molecule has 0 bridgehead atoms. The van der Waals surface area contributed by atoms with Crippen molar-refractivity contribution in [3.8, 4) is 11.4 Å². The Morgan fingerprint density at radius 1 is 1.04 bits per heavy atom. The Hall–Kier alpha value is -3.28. The van der Waals surface area contributed by atoms with E-state index in [1.165, 1.54) is 23.9 Å². The molecule has 0 radical (unpaired) electrons. The second kappa shape index (κ2) is 6.23. The highest BCUT2D eigenvalue weighted by atomic mass is 16.5. The largest absolute Gasteiger partial charge is 0.422 e. The van der Waals surface area contributed by atoms with Crippen molar-refractivity contribution in [2.75, 3.05) is 0 Å². The number of para-hydroxylation sites is 1. The topological polar surface area (TPSA) is 74.1 Å². The molecule has 0 aliphatic rings. The van der Waals surface area contributed by atoms with Crippen molar-refractivity contribution < 1.29 is 14.3 Å². The van der Waals surface area contributed by atoms with Gasteiger partial charge in [0.2, 0.25) is 0 Å². The molecule has 0 unspecified atom stereocenters. The molecule has 0 N–H and O–H groups in total. The van der Waals surface area contributed by atoms with E-state index in [0.717, 1.165) is 5.69 Å². The number of carbonyl (C=O) groups is 2. The average molecular weight is 307 g/mol. The molecule has 3 rings (SSSR count). The first-order valence-electron chi connectivity index (χ1n) is 6.94. The smallest absolute Gasteiger partial charge is 0.365 e. The second-order valence-corrected chi connectivity index (χ2v) is 4.86. The molecule has 0 saturated carbocycles. The van der Waals surface area contributed by atoms with Crippen LogP contribution in [0.2, 0.25) is 0 Å². The van der Waals surface area contributed by atoms with Gasteiger partial charge in [-0.25, -0.2) is 9.48 Å². The molecule has 0 saturated heterocycles. The first-order chi connectivity index (χ1) is 11.1. The summed E-state index contributed by atoms with van der Waals surface area (Å²) in [7, 11) is 0. The molecule has 0 amide bonds. The maximum absolute atomic E-state index is 12.1. The number of ketones is 1. The van der Waals surface area contributed by atoms with Gasteiger partial charge in [-0.2, -0.15) is 0 Å². The quantitative estimate of drug-likeness (QED) is 0.421. The van der Waals surface area contributed by atoms with Gasteiger partial charge in [-0.1, -0.05) is 35.5 Å². The van der Waals surface area contributed by atoms with Gasteiger partial charge in [0.05, 0.1) is 11.9 Å². The average Bonchev–Trinajstić information content (AvgIpc) is 3.06. The summed E-state index contributed by atoms with van der Waals surface area (Å²) in [5, 5.41) is 7.72. The Morgan fingerprint density at radius 2 is 1.83 bits per heavy atom. The van der Waals surface area contributed by atoms with Crippen LogP contribution in [0, 0.1) is 0 Å². The molecule has 0 atom stereocenters. The maximum Gasteiger partial charge on any atom is 0.365 e. The highest BCUT2D eigenvalue weighted by Crippen LogP contribution is 2.15. The van der Waals surface area contributed by atoms with E-state index in [1.54, 1.807) is 18.2 Å². The van der Waals surface area contributed by atoms with E-state index < -0.39 is 5.97 Å². The minimum atomic E-state index is -0.632. The summed E-state index contributed by atoms with van der Waals surface area (Å²) in [5.41, 5.74) is 1.35. The van der Waals surface area contributed by atoms with Crippen LogP contribution in [0.25, 0.3) is 5.69 Å². The Balaban J connectivity index is 1.78. The van der Waals surface area contributed by atoms with Gasteiger partial charge in [-0.15, -0.1) is 5.10 Å². The molecule has 6 heteroatoms. The van der Waals surface area contributed by atoms with Crippen molar-refractivity contribution >= 4 is 11.8 Å². The predicted octanol–water partition coefficient (Wildman–Crippen LogP) is 2.69. The van der Waals surface area contributed by atoms with Gasteiger partial charge in [-0.3, -0.25) is 4.79 Å². The number of esters is 1. The third kappa shape index (κ3) is 3.32. The molecule has 1 heterocycles. The summed E-state index contributed by atoms with van der Waals surface area (Å²) in [6, 6.07) is 15.7. The first-order valence-corrected chi connectivity index (χ1v) is 6.94. The monoisotopic (exact) mass is 307 g/mol. The molecule has 0 fully saturated rings. The van der Waals surface area contributed by atoms with Crippen LogP contribution >= 0.6 is 0 Å². The number of hydrogen-bond donors (Lipinski definition) is 0. The fraction of sp³-hybridized carbons (Fsp3) is 0.0588. The lowest BCUT2D eigenvalue weighted by Crippen LogP contribution is -2.09. The fourth-order valence-corrected chi connectivity index (χ4v) is 2.00. The minimum absolute atomic E-state index is 0.0853. The molecule has 23 heavy (non-hydrogen) atoms. The van der Waals surface area contributed by atoms with Crippen molar-refractivity contribution in [3.05, 3.63) is 72.1 Å². The van der Waals surface area contributed by atoms with Crippen molar-refractivity contribution in [1.29, 1.82) is 0 Å². The standard InChI is InChI=1S/C17H13N3O3/c1-12(21)13-6-5-9-15(10-13)23-17(22)16-11-20(19-18-16)14-7-3-2-4-8-14/h2-11H,1H3. The van der Waals surface area contributed by atoms with E-state index in [9.17, 15) is 9.59 Å². The number of hydrogen-bond acceptors (Lipinski definition) is 5. The van der Waals surface area contributed by atoms with Gasteiger partial charge in [0.25, 0.3) is 0 Å². The molecule has 0 spiro atoms. The lowest BCUT2D eigenvalue weighted by molar-refractivity contribution is 0.0727. The maximum atomic E-state index is 12.1. The second-order valence-electron chi connectivity index (χ2n) is 4.86. The summed E-state index contributed by atoms with van der Waals surface area (Å²) in [6.45, 7) is 1.45. The first kappa shape index (κ1) is 14.6. The Labute approximate surface area is 132 Å². The van der Waals surface area contributed by atoms with E-state index in [1.807, 2.05) is 30.3 Å². The van der Waals surface area contributed by atoms with E-state index in [2.05, 4.69) is 10.3 Å². The van der Waals surface area contributed by atoms with Crippen molar-refractivity contribution in [3.63, 3.8) is 0 Å². The molecule has 1 aromatic heterocycles. The highest BCUT2D eigenvalue weighted by Gasteiger charge is 2.14. The number of carbonyl (C=O) groups excluding carboxylic acids is 2. The minimum Gasteiger partial charge on any atom is -0.422 e. The van der Waals surface area contributed by atoms with Crippen LogP contribution in [-0.4, -0.2) is 26.7 Å². The fourth-order valence-electron chi connectivity index (χ4n) is 2.00. The van der Waals surface area contributed by atoms with E-state index >= 15 is 0 Å². The van der Waals surface area contributed by atoms with Crippen LogP contribution < -0.4 is 4.74 Å². The molecule has 3 aromatic rings. The Kier molecular flexibility index (Phi) is 3.97. The Morgan fingerprint density at radius 3 is 2.57 bits per heavy atom.